The van der Waals surface area contributed by atoms with Crippen LogP contribution in [0.3, 0.4) is 0 Å². The molecule has 0 bridgehead atoms. The highest BCUT2D eigenvalue weighted by atomic mass is 16.2. The Morgan fingerprint density at radius 1 is 0.571 bits per heavy atom. The molecule has 0 spiro atoms. The molecule has 35 heavy (non-hydrogen) atoms. The van der Waals surface area contributed by atoms with Crippen LogP contribution in [0.2, 0.25) is 0 Å². The topological polar surface area (TPSA) is 98.8 Å². The number of hydrogen-bond donors (Lipinski definition) is 2. The standard InChI is InChI=1S/C27H32N4O4/c32-24-18-22(26(34)30(24)20-12-6-4-7-13-20)28-16-10-2-1-3-11-17-29-23-19-25(33)31(27(23)35)21-14-8-5-9-15-21/h4-9,12-15,22-23,28-29H,1-3,10-11,16-19H2/t22-,23+. The van der Waals surface area contributed by atoms with E-state index in [4.69, 9.17) is 0 Å². The summed E-state index contributed by atoms with van der Waals surface area (Å²) in [4.78, 5) is 52.3. The van der Waals surface area contributed by atoms with E-state index in [2.05, 4.69) is 10.6 Å². The molecule has 2 saturated heterocycles. The van der Waals surface area contributed by atoms with Gasteiger partial charge in [-0.25, -0.2) is 9.80 Å². The SMILES string of the molecule is O=C1C[C@H](NCCCCCCCN[C@@H]2CC(=O)N(c3ccccc3)C2=O)C(=O)N1c1ccccc1. The molecular formula is C27H32N4O4. The fourth-order valence-corrected chi connectivity index (χ4v) is 4.61. The minimum atomic E-state index is -0.450. The molecule has 4 rings (SSSR count). The molecule has 2 aromatic carbocycles. The summed E-state index contributed by atoms with van der Waals surface area (Å²) in [6, 6.07) is 17.2. The molecule has 0 saturated carbocycles. The van der Waals surface area contributed by atoms with Gasteiger partial charge in [0.2, 0.25) is 11.8 Å². The molecule has 2 fully saturated rings. The van der Waals surface area contributed by atoms with Gasteiger partial charge in [-0.3, -0.25) is 19.2 Å². The van der Waals surface area contributed by atoms with Crippen LogP contribution in [0.25, 0.3) is 0 Å². The van der Waals surface area contributed by atoms with Crippen molar-refractivity contribution in [2.75, 3.05) is 22.9 Å². The number of anilines is 2. The zero-order valence-corrected chi connectivity index (χ0v) is 19.8. The van der Waals surface area contributed by atoms with E-state index in [9.17, 15) is 19.2 Å². The number of nitrogens with zero attached hydrogens (tertiary/aromatic N) is 2. The summed E-state index contributed by atoms with van der Waals surface area (Å²) in [6.45, 7) is 1.39. The van der Waals surface area contributed by atoms with E-state index in [-0.39, 0.29) is 36.5 Å². The smallest absolute Gasteiger partial charge is 0.251 e. The van der Waals surface area contributed by atoms with Crippen molar-refractivity contribution in [2.24, 2.45) is 0 Å². The Morgan fingerprint density at radius 2 is 0.943 bits per heavy atom. The zero-order chi connectivity index (χ0) is 24.6. The highest BCUT2D eigenvalue weighted by molar-refractivity contribution is 6.23. The number of benzene rings is 2. The van der Waals surface area contributed by atoms with Crippen LogP contribution in [0, 0.1) is 0 Å². The molecule has 8 nitrogen and oxygen atoms in total. The number of para-hydroxylation sites is 2. The fourth-order valence-electron chi connectivity index (χ4n) is 4.61. The number of amides is 4. The van der Waals surface area contributed by atoms with E-state index >= 15 is 0 Å². The highest BCUT2D eigenvalue weighted by Crippen LogP contribution is 2.23. The Kier molecular flexibility index (Phi) is 8.39. The van der Waals surface area contributed by atoms with Crippen LogP contribution in [-0.4, -0.2) is 48.8 Å². The van der Waals surface area contributed by atoms with Gasteiger partial charge >= 0.3 is 0 Å². The minimum Gasteiger partial charge on any atom is -0.305 e. The van der Waals surface area contributed by atoms with Crippen molar-refractivity contribution in [1.29, 1.82) is 0 Å². The van der Waals surface area contributed by atoms with Crippen LogP contribution in [0.15, 0.2) is 60.7 Å². The van der Waals surface area contributed by atoms with Gasteiger partial charge in [0, 0.05) is 0 Å². The third-order valence-corrected chi connectivity index (χ3v) is 6.46. The third-order valence-electron chi connectivity index (χ3n) is 6.46. The Morgan fingerprint density at radius 3 is 1.34 bits per heavy atom. The number of rotatable bonds is 12. The maximum Gasteiger partial charge on any atom is 0.251 e. The summed E-state index contributed by atoms with van der Waals surface area (Å²) in [5.41, 5.74) is 1.24. The second-order valence-electron chi connectivity index (χ2n) is 9.00. The predicted octanol–water partition coefficient (Wildman–Crippen LogP) is 2.78. The average molecular weight is 477 g/mol. The van der Waals surface area contributed by atoms with Crippen LogP contribution in [0.1, 0.15) is 44.9 Å². The van der Waals surface area contributed by atoms with Gasteiger partial charge < -0.3 is 10.6 Å². The molecule has 2 aliphatic heterocycles. The molecule has 0 aromatic heterocycles. The van der Waals surface area contributed by atoms with Crippen molar-refractivity contribution in [3.05, 3.63) is 60.7 Å². The van der Waals surface area contributed by atoms with E-state index in [1.54, 1.807) is 24.3 Å². The van der Waals surface area contributed by atoms with Crippen molar-refractivity contribution >= 4 is 35.0 Å². The summed E-state index contributed by atoms with van der Waals surface area (Å²) in [7, 11) is 0. The van der Waals surface area contributed by atoms with E-state index in [1.165, 1.54) is 9.80 Å². The lowest BCUT2D eigenvalue weighted by Gasteiger charge is -2.15. The first-order valence-corrected chi connectivity index (χ1v) is 12.4. The Hall–Kier alpha value is -3.36. The monoisotopic (exact) mass is 476 g/mol. The zero-order valence-electron chi connectivity index (χ0n) is 19.8. The summed E-state index contributed by atoms with van der Waals surface area (Å²) in [5.74, 6) is -0.697. The van der Waals surface area contributed by atoms with Crippen molar-refractivity contribution in [2.45, 2.75) is 57.0 Å². The second-order valence-corrected chi connectivity index (χ2v) is 9.00. The number of nitrogens with one attached hydrogen (secondary N) is 2. The van der Waals surface area contributed by atoms with Gasteiger partial charge in [0.1, 0.15) is 0 Å². The van der Waals surface area contributed by atoms with Gasteiger partial charge in [-0.15, -0.1) is 0 Å². The second kappa shape index (κ2) is 11.9. The summed E-state index contributed by atoms with van der Waals surface area (Å²) in [6.07, 6.45) is 5.34. The Bertz CT molecular complexity index is 960. The van der Waals surface area contributed by atoms with Gasteiger partial charge in [0.05, 0.1) is 36.3 Å². The van der Waals surface area contributed by atoms with Crippen molar-refractivity contribution in [1.82, 2.24) is 10.6 Å². The molecule has 2 aliphatic rings. The van der Waals surface area contributed by atoms with Crippen LogP contribution in [0.5, 0.6) is 0 Å². The summed E-state index contributed by atoms with van der Waals surface area (Å²) in [5, 5.41) is 6.46. The summed E-state index contributed by atoms with van der Waals surface area (Å²) >= 11 is 0. The van der Waals surface area contributed by atoms with E-state index in [1.807, 2.05) is 36.4 Å². The number of imide groups is 2. The minimum absolute atomic E-state index is 0.166. The number of hydrogen-bond acceptors (Lipinski definition) is 6. The first-order chi connectivity index (χ1) is 17.1. The van der Waals surface area contributed by atoms with E-state index in [0.29, 0.717) is 24.5 Å². The van der Waals surface area contributed by atoms with Gasteiger partial charge in [-0.1, -0.05) is 55.7 Å². The lowest BCUT2D eigenvalue weighted by atomic mass is 10.1. The molecule has 2 N–H and O–H groups in total. The molecule has 4 amide bonds. The van der Waals surface area contributed by atoms with Crippen LogP contribution >= 0.6 is 0 Å². The largest absolute Gasteiger partial charge is 0.305 e. The maximum atomic E-state index is 12.6. The molecule has 184 valence electrons. The van der Waals surface area contributed by atoms with E-state index < -0.39 is 12.1 Å². The average Bonchev–Trinajstić information content (AvgIpc) is 3.32. The van der Waals surface area contributed by atoms with Crippen molar-refractivity contribution < 1.29 is 19.2 Å². The Balaban J connectivity index is 1.07. The van der Waals surface area contributed by atoms with Crippen molar-refractivity contribution in [3.63, 3.8) is 0 Å². The van der Waals surface area contributed by atoms with Gasteiger partial charge in [-0.2, -0.15) is 0 Å². The molecule has 0 aliphatic carbocycles. The molecule has 2 atom stereocenters. The molecule has 0 radical (unpaired) electrons. The van der Waals surface area contributed by atoms with Crippen LogP contribution < -0.4 is 20.4 Å². The quantitative estimate of drug-likeness (QED) is 0.361. The maximum absolute atomic E-state index is 12.6. The summed E-state index contributed by atoms with van der Waals surface area (Å²) < 4.78 is 0. The fraction of sp³-hybridized carbons (Fsp3) is 0.407. The van der Waals surface area contributed by atoms with E-state index in [0.717, 1.165) is 32.1 Å². The van der Waals surface area contributed by atoms with Gasteiger partial charge in [0.15, 0.2) is 0 Å². The molecule has 2 aromatic rings. The first-order valence-electron chi connectivity index (χ1n) is 12.4. The molecule has 8 heteroatoms. The number of carbonyl (C=O) groups excluding carboxylic acids is 4. The normalized spacial score (nSPS) is 20.3. The number of carbonyl (C=O) groups is 4. The number of unbranched alkanes of at least 4 members (excludes halogenated alkanes) is 4. The molecule has 0 unspecified atom stereocenters. The lowest BCUT2D eigenvalue weighted by Crippen LogP contribution is -2.39. The third kappa shape index (κ3) is 6.01. The van der Waals surface area contributed by atoms with Crippen molar-refractivity contribution in [3.8, 4) is 0 Å². The first kappa shape index (κ1) is 24.8. The predicted molar refractivity (Wildman–Crippen MR) is 134 cm³/mol. The van der Waals surface area contributed by atoms with Gasteiger partial charge in [0.25, 0.3) is 11.8 Å². The highest BCUT2D eigenvalue weighted by Gasteiger charge is 2.39. The Labute approximate surface area is 205 Å². The van der Waals surface area contributed by atoms with Gasteiger partial charge in [-0.05, 0) is 50.2 Å². The van der Waals surface area contributed by atoms with Crippen LogP contribution in [-0.2, 0) is 19.2 Å². The molecular weight excluding hydrogens is 444 g/mol. The lowest BCUT2D eigenvalue weighted by molar-refractivity contribution is -0.123. The van der Waals surface area contributed by atoms with Crippen LogP contribution in [0.4, 0.5) is 11.4 Å². The molecule has 2 heterocycles.